The lowest BCUT2D eigenvalue weighted by Crippen LogP contribution is -2.55. The van der Waals surface area contributed by atoms with Gasteiger partial charge < -0.3 is 18.9 Å². The average molecular weight is 356 g/mol. The Morgan fingerprint density at radius 1 is 0.720 bits per heavy atom. The van der Waals surface area contributed by atoms with Crippen LogP contribution in [0.3, 0.4) is 0 Å². The summed E-state index contributed by atoms with van der Waals surface area (Å²) in [4.78, 5) is 49.6. The summed E-state index contributed by atoms with van der Waals surface area (Å²) in [5.41, 5.74) is 0. The van der Waals surface area contributed by atoms with Gasteiger partial charge in [-0.25, -0.2) is 0 Å². The molecule has 0 amide bonds. The SMILES string of the molecule is CC(C)CC(C1C(=O)OC(C)(C)OC1=O)C1C(=O)OC(C)(C)OC1=O. The quantitative estimate of drug-likeness (QED) is 0.552. The molecule has 0 aromatic heterocycles. The van der Waals surface area contributed by atoms with Crippen LogP contribution in [0, 0.1) is 23.7 Å². The Kier molecular flexibility index (Phi) is 4.85. The van der Waals surface area contributed by atoms with Crippen LogP contribution < -0.4 is 0 Å². The second-order valence-electron chi connectivity index (χ2n) is 7.73. The molecule has 2 aliphatic heterocycles. The fraction of sp³-hybridized carbons (Fsp3) is 0.765. The first-order valence-corrected chi connectivity index (χ1v) is 8.24. The Morgan fingerprint density at radius 2 is 1.00 bits per heavy atom. The molecule has 2 heterocycles. The molecule has 0 radical (unpaired) electrons. The van der Waals surface area contributed by atoms with Crippen LogP contribution in [0.15, 0.2) is 0 Å². The first-order valence-electron chi connectivity index (χ1n) is 8.24. The van der Waals surface area contributed by atoms with Crippen molar-refractivity contribution in [1.82, 2.24) is 0 Å². The van der Waals surface area contributed by atoms with E-state index in [9.17, 15) is 19.2 Å². The number of carbonyl (C=O) groups excluding carboxylic acids is 4. The van der Waals surface area contributed by atoms with Gasteiger partial charge in [0.15, 0.2) is 11.8 Å². The first kappa shape index (κ1) is 19.2. The Balaban J connectivity index is 2.37. The van der Waals surface area contributed by atoms with Gasteiger partial charge in [0.1, 0.15) is 0 Å². The van der Waals surface area contributed by atoms with Gasteiger partial charge in [0.05, 0.1) is 0 Å². The lowest BCUT2D eigenvalue weighted by atomic mass is 9.75. The number of ether oxygens (including phenoxy) is 4. The zero-order chi connectivity index (χ0) is 19.2. The van der Waals surface area contributed by atoms with Crippen molar-refractivity contribution in [2.24, 2.45) is 23.7 Å². The van der Waals surface area contributed by atoms with Gasteiger partial charge in [-0.2, -0.15) is 0 Å². The number of cyclic esters (lactones) is 4. The van der Waals surface area contributed by atoms with Gasteiger partial charge in [-0.3, -0.25) is 19.2 Å². The fourth-order valence-electron chi connectivity index (χ4n) is 3.17. The minimum Gasteiger partial charge on any atom is -0.422 e. The highest BCUT2D eigenvalue weighted by Gasteiger charge is 2.56. The molecular weight excluding hydrogens is 332 g/mol. The van der Waals surface area contributed by atoms with Crippen molar-refractivity contribution in [3.63, 3.8) is 0 Å². The van der Waals surface area contributed by atoms with E-state index in [1.165, 1.54) is 27.7 Å². The second kappa shape index (κ2) is 6.31. The van der Waals surface area contributed by atoms with Crippen molar-refractivity contribution in [1.29, 1.82) is 0 Å². The third kappa shape index (κ3) is 4.11. The average Bonchev–Trinajstić information content (AvgIpc) is 2.32. The van der Waals surface area contributed by atoms with Crippen LogP contribution in [-0.4, -0.2) is 35.5 Å². The zero-order valence-corrected chi connectivity index (χ0v) is 15.3. The van der Waals surface area contributed by atoms with Crippen LogP contribution in [0.4, 0.5) is 0 Å². The highest BCUT2D eigenvalue weighted by atomic mass is 16.8. The van der Waals surface area contributed by atoms with E-state index < -0.39 is 53.2 Å². The van der Waals surface area contributed by atoms with E-state index in [1.54, 1.807) is 0 Å². The molecule has 0 aliphatic carbocycles. The second-order valence-corrected chi connectivity index (χ2v) is 7.73. The minimum absolute atomic E-state index is 0.00364. The van der Waals surface area contributed by atoms with Gasteiger partial charge in [-0.15, -0.1) is 0 Å². The molecule has 25 heavy (non-hydrogen) atoms. The van der Waals surface area contributed by atoms with E-state index in [1.807, 2.05) is 13.8 Å². The molecule has 0 spiro atoms. The maximum Gasteiger partial charge on any atom is 0.323 e. The monoisotopic (exact) mass is 356 g/mol. The smallest absolute Gasteiger partial charge is 0.323 e. The van der Waals surface area contributed by atoms with Crippen molar-refractivity contribution in [3.05, 3.63) is 0 Å². The Morgan fingerprint density at radius 3 is 1.24 bits per heavy atom. The molecule has 8 nitrogen and oxygen atoms in total. The summed E-state index contributed by atoms with van der Waals surface area (Å²) in [5, 5.41) is 0. The van der Waals surface area contributed by atoms with Crippen LogP contribution in [0.5, 0.6) is 0 Å². The summed E-state index contributed by atoms with van der Waals surface area (Å²) in [6.07, 6.45) is 0.241. The van der Waals surface area contributed by atoms with E-state index in [-0.39, 0.29) is 12.3 Å². The van der Waals surface area contributed by atoms with E-state index in [0.29, 0.717) is 0 Å². The van der Waals surface area contributed by atoms with Crippen molar-refractivity contribution in [2.45, 2.75) is 59.5 Å². The van der Waals surface area contributed by atoms with E-state index >= 15 is 0 Å². The maximum absolute atomic E-state index is 12.4. The Hall–Kier alpha value is -2.12. The summed E-state index contributed by atoms with van der Waals surface area (Å²) in [6, 6.07) is 0. The van der Waals surface area contributed by atoms with Crippen LogP contribution >= 0.6 is 0 Å². The molecule has 2 fully saturated rings. The van der Waals surface area contributed by atoms with Crippen LogP contribution in [0.1, 0.15) is 48.0 Å². The molecule has 0 saturated carbocycles. The highest BCUT2D eigenvalue weighted by molar-refractivity contribution is 6.01. The topological polar surface area (TPSA) is 105 Å². The summed E-state index contributed by atoms with van der Waals surface area (Å²) in [6.45, 7) is 9.42. The highest BCUT2D eigenvalue weighted by Crippen LogP contribution is 2.39. The lowest BCUT2D eigenvalue weighted by Gasteiger charge is -2.40. The van der Waals surface area contributed by atoms with E-state index in [0.717, 1.165) is 0 Å². The number of esters is 4. The van der Waals surface area contributed by atoms with Crippen molar-refractivity contribution in [2.75, 3.05) is 0 Å². The predicted molar refractivity (Wildman–Crippen MR) is 82.5 cm³/mol. The third-order valence-corrected chi connectivity index (χ3v) is 4.00. The number of carbonyl (C=O) groups is 4. The molecule has 0 aromatic rings. The van der Waals surface area contributed by atoms with Gasteiger partial charge in [0.25, 0.3) is 11.6 Å². The zero-order valence-electron chi connectivity index (χ0n) is 15.3. The summed E-state index contributed by atoms with van der Waals surface area (Å²) in [5.74, 6) is -9.80. The van der Waals surface area contributed by atoms with E-state index in [4.69, 9.17) is 18.9 Å². The summed E-state index contributed by atoms with van der Waals surface area (Å²) in [7, 11) is 0. The minimum atomic E-state index is -1.39. The molecule has 0 N–H and O–H groups in total. The largest absolute Gasteiger partial charge is 0.422 e. The molecule has 2 saturated heterocycles. The van der Waals surface area contributed by atoms with E-state index in [2.05, 4.69) is 0 Å². The number of rotatable bonds is 4. The van der Waals surface area contributed by atoms with Gasteiger partial charge in [-0.05, 0) is 12.3 Å². The van der Waals surface area contributed by atoms with Crippen molar-refractivity contribution in [3.8, 4) is 0 Å². The molecule has 2 aliphatic rings. The Labute approximate surface area is 146 Å². The van der Waals surface area contributed by atoms with Gasteiger partial charge in [-0.1, -0.05) is 13.8 Å². The molecule has 0 aromatic carbocycles. The van der Waals surface area contributed by atoms with Crippen LogP contribution in [0.2, 0.25) is 0 Å². The van der Waals surface area contributed by atoms with Crippen molar-refractivity contribution < 1.29 is 38.1 Å². The molecule has 0 unspecified atom stereocenters. The molecule has 8 heteroatoms. The predicted octanol–water partition coefficient (Wildman–Crippen LogP) is 1.55. The van der Waals surface area contributed by atoms with Crippen molar-refractivity contribution >= 4 is 23.9 Å². The number of hydrogen-bond acceptors (Lipinski definition) is 8. The maximum atomic E-state index is 12.4. The van der Waals surface area contributed by atoms with Gasteiger partial charge in [0, 0.05) is 33.6 Å². The normalized spacial score (nSPS) is 24.0. The standard InChI is InChI=1S/C17H24O8/c1-8(2)7-9(10-12(18)22-16(3,4)23-13(10)19)11-14(20)24-17(5,6)25-15(11)21/h8-11H,7H2,1-6H3. The number of hydrogen-bond donors (Lipinski definition) is 0. The molecule has 0 bridgehead atoms. The summed E-state index contributed by atoms with van der Waals surface area (Å²) < 4.78 is 20.5. The lowest BCUT2D eigenvalue weighted by molar-refractivity contribution is -0.251. The van der Waals surface area contributed by atoms with Crippen LogP contribution in [-0.2, 0) is 38.1 Å². The third-order valence-electron chi connectivity index (χ3n) is 4.00. The van der Waals surface area contributed by atoms with Gasteiger partial charge >= 0.3 is 23.9 Å². The summed E-state index contributed by atoms with van der Waals surface area (Å²) >= 11 is 0. The first-order chi connectivity index (χ1) is 11.3. The Bertz CT molecular complexity index is 516. The molecule has 2 rings (SSSR count). The molecule has 140 valence electrons. The molecular formula is C17H24O8. The van der Waals surface area contributed by atoms with Crippen LogP contribution in [0.25, 0.3) is 0 Å². The fourth-order valence-corrected chi connectivity index (χ4v) is 3.17. The van der Waals surface area contributed by atoms with Gasteiger partial charge in [0.2, 0.25) is 0 Å². The molecule has 0 atom stereocenters.